The normalized spacial score (nSPS) is 10.2. The number of carboxylic acid groups (broad SMARTS) is 7. The van der Waals surface area contributed by atoms with E-state index in [0.29, 0.717) is 25.0 Å². The van der Waals surface area contributed by atoms with E-state index in [1.807, 2.05) is 157 Å². The zero-order chi connectivity index (χ0) is 86.9. The smallest absolute Gasteiger partial charge is 0.304 e. The summed E-state index contributed by atoms with van der Waals surface area (Å²) in [6.07, 6.45) is 21.8. The van der Waals surface area contributed by atoms with Crippen LogP contribution in [0.3, 0.4) is 0 Å². The van der Waals surface area contributed by atoms with Gasteiger partial charge in [-0.25, -0.2) is 0 Å². The van der Waals surface area contributed by atoms with Crippen LogP contribution in [0, 0.1) is 0 Å². The first-order chi connectivity index (χ1) is 57.1. The summed E-state index contributed by atoms with van der Waals surface area (Å²) in [4.78, 5) is 80.3. The molecule has 0 aliphatic heterocycles. The molecular formula is C90H124O21S7. The number of carboxylic acids is 7. The van der Waals surface area contributed by atoms with Gasteiger partial charge in [0.25, 0.3) is 0 Å². The Bertz CT molecular complexity index is 3760. The van der Waals surface area contributed by atoms with Crippen LogP contribution >= 0.6 is 82.3 Å². The molecule has 118 heavy (non-hydrogen) atoms. The van der Waals surface area contributed by atoms with Crippen LogP contribution in [0.1, 0.15) is 173 Å². The first kappa shape index (κ1) is 108. The largest absolute Gasteiger partial charge is 0.497 e. The summed E-state index contributed by atoms with van der Waals surface area (Å²) in [5, 5.41) is 59.4. The van der Waals surface area contributed by atoms with Crippen molar-refractivity contribution in [3.05, 3.63) is 170 Å². The molecule has 0 aromatic heterocycles. The number of methoxy groups -OCH3 is 7. The van der Waals surface area contributed by atoms with Crippen molar-refractivity contribution >= 4 is 124 Å². The van der Waals surface area contributed by atoms with Crippen molar-refractivity contribution in [2.75, 3.05) is 90.0 Å². The lowest BCUT2D eigenvalue weighted by atomic mass is 10.1. The number of hydrogen-bond donors (Lipinski definition) is 7. The molecule has 0 amide bonds. The van der Waals surface area contributed by atoms with E-state index >= 15 is 0 Å². The summed E-state index contributed by atoms with van der Waals surface area (Å²) in [7, 11) is 11.6. The predicted molar refractivity (Wildman–Crippen MR) is 484 cm³/mol. The number of carbonyl (C=O) groups is 7. The van der Waals surface area contributed by atoms with E-state index in [0.717, 1.165) is 186 Å². The SMILES string of the molecule is COc1ccc(SCCC(=O)O)cc1.COc1ccc(SCCCC(=O)O)cc1.COc1ccc(SCCCCCC(=O)O)cc1.COc1cccc(SCCCCCC(=O)O)c1.COc1cccc(SCCCCCCCCCC(=O)O)c1.COc1ccccc1SCCCCC(=O)O.COc1ccccc1SCCCCCCC(=O)O. The molecule has 0 saturated carbocycles. The van der Waals surface area contributed by atoms with Crippen LogP contribution in [0.2, 0.25) is 0 Å². The van der Waals surface area contributed by atoms with Gasteiger partial charge in [0.2, 0.25) is 0 Å². The molecule has 7 N–H and O–H groups in total. The monoisotopic (exact) mass is 1760 g/mol. The molecule has 0 radical (unpaired) electrons. The Balaban J connectivity index is 0.000000690. The molecule has 0 bridgehead atoms. The Labute approximate surface area is 729 Å². The summed E-state index contributed by atoms with van der Waals surface area (Å²) >= 11 is 12.2. The van der Waals surface area contributed by atoms with Gasteiger partial charge in [0.05, 0.1) is 56.2 Å². The number of hydrogen-bond acceptors (Lipinski definition) is 21. The third-order valence-electron chi connectivity index (χ3n) is 16.3. The maximum absolute atomic E-state index is 10.4. The summed E-state index contributed by atoms with van der Waals surface area (Å²) in [5.41, 5.74) is 0. The van der Waals surface area contributed by atoms with E-state index in [1.54, 1.807) is 109 Å². The number of thioether (sulfide) groups is 7. The van der Waals surface area contributed by atoms with Gasteiger partial charge in [-0.05, 0) is 239 Å². The molecule has 0 aliphatic rings. The fourth-order valence-electron chi connectivity index (χ4n) is 9.96. The molecule has 21 nitrogen and oxygen atoms in total. The van der Waals surface area contributed by atoms with Crippen LogP contribution in [0.5, 0.6) is 40.2 Å². The van der Waals surface area contributed by atoms with Gasteiger partial charge in [-0.15, -0.1) is 82.3 Å². The van der Waals surface area contributed by atoms with Gasteiger partial charge in [0.1, 0.15) is 40.2 Å². The van der Waals surface area contributed by atoms with Crippen LogP contribution in [-0.4, -0.2) is 168 Å². The average molecular weight is 1770 g/mol. The average Bonchev–Trinajstić information content (AvgIpc) is 0.787. The van der Waals surface area contributed by atoms with E-state index in [4.69, 9.17) is 68.9 Å². The van der Waals surface area contributed by atoms with Crippen molar-refractivity contribution in [3.8, 4) is 40.2 Å². The minimum Gasteiger partial charge on any atom is -0.497 e. The molecule has 7 rings (SSSR count). The lowest BCUT2D eigenvalue weighted by molar-refractivity contribution is -0.138. The highest BCUT2D eigenvalue weighted by Crippen LogP contribution is 2.32. The summed E-state index contributed by atoms with van der Waals surface area (Å²) in [5.74, 6) is 7.74. The van der Waals surface area contributed by atoms with Crippen LogP contribution < -0.4 is 33.2 Å². The number of benzene rings is 7. The van der Waals surface area contributed by atoms with Crippen molar-refractivity contribution in [2.45, 2.75) is 208 Å². The molecule has 0 saturated heterocycles. The predicted octanol–water partition coefficient (Wildman–Crippen LogP) is 23.6. The second-order valence-electron chi connectivity index (χ2n) is 25.7. The maximum atomic E-state index is 10.4. The molecule has 0 aliphatic carbocycles. The summed E-state index contributed by atoms with van der Waals surface area (Å²) in [6.45, 7) is 0. The molecule has 0 unspecified atom stereocenters. The van der Waals surface area contributed by atoms with Gasteiger partial charge in [-0.3, -0.25) is 33.6 Å². The lowest BCUT2D eigenvalue weighted by Crippen LogP contribution is -1.95. The Kier molecular flexibility index (Phi) is 67.6. The summed E-state index contributed by atoms with van der Waals surface area (Å²) < 4.78 is 36.0. The molecule has 7 aromatic carbocycles. The number of para-hydroxylation sites is 2. The molecule has 0 atom stereocenters. The highest BCUT2D eigenvalue weighted by molar-refractivity contribution is 8.00. The molecule has 7 aromatic rings. The number of rotatable bonds is 55. The van der Waals surface area contributed by atoms with Gasteiger partial charge >= 0.3 is 41.8 Å². The summed E-state index contributed by atoms with van der Waals surface area (Å²) in [6, 6.07) is 55.4. The van der Waals surface area contributed by atoms with E-state index in [1.165, 1.54) is 57.0 Å². The van der Waals surface area contributed by atoms with Crippen molar-refractivity contribution in [1.29, 1.82) is 0 Å². The molecule has 0 spiro atoms. The van der Waals surface area contributed by atoms with Gasteiger partial charge in [-0.1, -0.05) is 94.2 Å². The molecule has 652 valence electrons. The van der Waals surface area contributed by atoms with Crippen molar-refractivity contribution in [1.82, 2.24) is 0 Å². The van der Waals surface area contributed by atoms with Crippen LogP contribution in [0.4, 0.5) is 0 Å². The van der Waals surface area contributed by atoms with Gasteiger partial charge in [0.15, 0.2) is 0 Å². The van der Waals surface area contributed by atoms with Crippen LogP contribution in [0.25, 0.3) is 0 Å². The van der Waals surface area contributed by atoms with Crippen molar-refractivity contribution in [2.24, 2.45) is 0 Å². The fraction of sp³-hybridized carbons (Fsp3) is 0.456. The molecular weight excluding hydrogens is 1640 g/mol. The first-order valence-corrected chi connectivity index (χ1v) is 46.4. The Hall–Kier alpha value is -8.12. The van der Waals surface area contributed by atoms with Gasteiger partial charge in [0, 0.05) is 78.5 Å². The maximum Gasteiger partial charge on any atom is 0.304 e. The Morgan fingerprint density at radius 3 is 0.754 bits per heavy atom. The molecule has 0 heterocycles. The zero-order valence-corrected chi connectivity index (χ0v) is 75.1. The quantitative estimate of drug-likeness (QED) is 0.0138. The highest BCUT2D eigenvalue weighted by Gasteiger charge is 2.08. The van der Waals surface area contributed by atoms with Crippen LogP contribution in [-0.2, 0) is 33.6 Å². The number of unbranched alkanes of at least 4 members (excludes halogenated alkanes) is 14. The van der Waals surface area contributed by atoms with E-state index in [-0.39, 0.29) is 32.1 Å². The van der Waals surface area contributed by atoms with E-state index in [9.17, 15) is 33.6 Å². The first-order valence-electron chi connectivity index (χ1n) is 39.5. The fourth-order valence-corrected chi connectivity index (χ4v) is 16.6. The molecule has 28 heteroatoms. The minimum atomic E-state index is -0.758. The van der Waals surface area contributed by atoms with Crippen LogP contribution in [0.15, 0.2) is 204 Å². The highest BCUT2D eigenvalue weighted by atomic mass is 32.2. The Morgan fingerprint density at radius 1 is 0.212 bits per heavy atom. The van der Waals surface area contributed by atoms with Crippen molar-refractivity contribution < 1.29 is 102 Å². The number of aliphatic carboxylic acids is 7. The second-order valence-corrected chi connectivity index (χ2v) is 33.8. The zero-order valence-electron chi connectivity index (χ0n) is 69.4. The second kappa shape index (κ2) is 74.0. The third-order valence-corrected chi connectivity index (χ3v) is 23.9. The van der Waals surface area contributed by atoms with Gasteiger partial charge in [-0.2, -0.15) is 0 Å². The van der Waals surface area contributed by atoms with E-state index < -0.39 is 41.8 Å². The van der Waals surface area contributed by atoms with Crippen molar-refractivity contribution in [3.63, 3.8) is 0 Å². The lowest BCUT2D eigenvalue weighted by Gasteiger charge is -2.07. The topological polar surface area (TPSA) is 326 Å². The third kappa shape index (κ3) is 63.0. The van der Waals surface area contributed by atoms with E-state index in [2.05, 4.69) is 24.3 Å². The number of ether oxygens (including phenoxy) is 7. The molecule has 0 fully saturated rings. The van der Waals surface area contributed by atoms with Gasteiger partial charge < -0.3 is 68.9 Å². The Morgan fingerprint density at radius 2 is 0.449 bits per heavy atom. The standard InChI is InChI=1S/C17H26O3S.C14H20O3S.2C13H18O3S.C12H16O3S.C11H14O3S.C10H12O3S/c1-20-15-10-9-11-16(14-15)21-13-8-6-4-2-3-5-7-12-17(18)19;1-17-12-8-5-6-9-13(12)18-11-7-3-2-4-10-14(15)16;1-16-11-6-5-7-12(10-11)17-9-4-2-3-8-13(14)15;1-16-11-6-8-12(9-7-11)17-10-4-2-3-5-13(14)15;1-15-10-6-2-3-7-11(10)16-9-5-4-8-12(13)14;1-14-9-4-6-10(7-5-9)15-8-2-3-11(12)13;1-13-8-2-4-9(5-3-8)14-7-6-10(11)12/h9-11,14H,2-8,12-13H2,1H3,(H,18,19);5-6,8-9H,2-4,7,10-11H2,1H3,(H,15,16);5-7,10H,2-4,8-9H2,1H3,(H,14,15);6-9H,2-5,10H2,1H3,(H,14,15);2-3,6-7H,4-5,8-9H2,1H3,(H,13,14);4-7H,2-3,8H2,1H3,(H,12,13);2-5H,6-7H2,1H3,(H,11,12). The minimum absolute atomic E-state index is 0.191.